The first kappa shape index (κ1) is 29.0. The Morgan fingerprint density at radius 3 is 1.26 bits per heavy atom. The maximum Gasteiger partial charge on any atom is 0.346 e. The van der Waals surface area contributed by atoms with E-state index >= 15 is 0 Å². The lowest BCUT2D eigenvalue weighted by atomic mass is 10.1. The normalized spacial score (nSPS) is 12.2. The fraction of sp³-hybridized carbons (Fsp3) is 0.300. The zero-order valence-electron chi connectivity index (χ0n) is 19.8. The van der Waals surface area contributed by atoms with Crippen LogP contribution >= 0.6 is 45.2 Å². The van der Waals surface area contributed by atoms with Gasteiger partial charge in [-0.05, 0) is 45.2 Å². The third-order valence-electron chi connectivity index (χ3n) is 4.93. The molecule has 16 nitrogen and oxygen atoms in total. The summed E-state index contributed by atoms with van der Waals surface area (Å²) in [5.74, 6) is -1.28. The molecule has 204 valence electrons. The van der Waals surface area contributed by atoms with Gasteiger partial charge in [-0.15, -0.1) is 0 Å². The Balaban J connectivity index is 0.000000211. The van der Waals surface area contributed by atoms with Gasteiger partial charge in [-0.25, -0.2) is 9.59 Å². The van der Waals surface area contributed by atoms with E-state index in [0.29, 0.717) is 0 Å². The van der Waals surface area contributed by atoms with Gasteiger partial charge in [0.05, 0.1) is 45.4 Å². The Hall–Kier alpha value is -3.56. The predicted octanol–water partition coefficient (Wildman–Crippen LogP) is 3.45. The van der Waals surface area contributed by atoms with Crippen molar-refractivity contribution in [2.45, 2.75) is 0 Å². The number of methoxy groups -OCH3 is 4. The first-order chi connectivity index (χ1) is 18.0. The van der Waals surface area contributed by atoms with E-state index in [4.69, 9.17) is 28.4 Å². The second-order valence-electron chi connectivity index (χ2n) is 6.77. The highest BCUT2D eigenvalue weighted by Gasteiger charge is 2.40. The van der Waals surface area contributed by atoms with Gasteiger partial charge in [0.15, 0.2) is 22.6 Å². The lowest BCUT2D eigenvalue weighted by molar-refractivity contribution is -0.386. The number of nitrogens with zero attached hydrogens (tertiary/aromatic N) is 2. The first-order valence-corrected chi connectivity index (χ1v) is 12.0. The van der Waals surface area contributed by atoms with Gasteiger partial charge in [0.25, 0.3) is 0 Å². The molecule has 0 bridgehead atoms. The number of carbonyl (C=O) groups excluding carboxylic acids is 2. The van der Waals surface area contributed by atoms with E-state index in [1.807, 2.05) is 0 Å². The molecule has 0 spiro atoms. The van der Waals surface area contributed by atoms with Gasteiger partial charge in [-0.2, -0.15) is 0 Å². The Labute approximate surface area is 239 Å². The summed E-state index contributed by atoms with van der Waals surface area (Å²) in [6, 6.07) is 0. The van der Waals surface area contributed by atoms with Gasteiger partial charge in [0.2, 0.25) is 36.6 Å². The molecule has 18 heteroatoms. The highest BCUT2D eigenvalue weighted by atomic mass is 127. The summed E-state index contributed by atoms with van der Waals surface area (Å²) in [6.45, 7) is -0.347. The van der Waals surface area contributed by atoms with Crippen LogP contribution < -0.4 is 28.4 Å². The standard InChI is InChI=1S/2C10H8INO7/c2*1-16-7-5(11)4(10(13)17-2)6(12(14)15)8-9(7)19-3-18-8/h2*3H2,1-2H3. The number of benzene rings is 2. The van der Waals surface area contributed by atoms with E-state index in [0.717, 1.165) is 14.2 Å². The number of rotatable bonds is 6. The van der Waals surface area contributed by atoms with Gasteiger partial charge < -0.3 is 37.9 Å². The Kier molecular flexibility index (Phi) is 9.06. The number of hydrogen-bond acceptors (Lipinski definition) is 14. The molecule has 2 aliphatic heterocycles. The van der Waals surface area contributed by atoms with Crippen molar-refractivity contribution in [1.29, 1.82) is 0 Å². The van der Waals surface area contributed by atoms with Crippen LogP contribution in [-0.4, -0.2) is 63.8 Å². The zero-order chi connectivity index (χ0) is 28.3. The lowest BCUT2D eigenvalue weighted by Gasteiger charge is -2.11. The number of ether oxygens (including phenoxy) is 8. The third kappa shape index (κ3) is 4.96. The minimum absolute atomic E-state index is 0.117. The summed E-state index contributed by atoms with van der Waals surface area (Å²) in [7, 11) is 5.01. The van der Waals surface area contributed by atoms with Crippen LogP contribution in [0.25, 0.3) is 0 Å². The van der Waals surface area contributed by atoms with Gasteiger partial charge in [0, 0.05) is 0 Å². The summed E-state index contributed by atoms with van der Waals surface area (Å²) < 4.78 is 40.3. The van der Waals surface area contributed by atoms with Gasteiger partial charge >= 0.3 is 23.3 Å². The van der Waals surface area contributed by atoms with E-state index in [1.165, 1.54) is 14.2 Å². The second kappa shape index (κ2) is 11.9. The molecule has 38 heavy (non-hydrogen) atoms. The number of nitro benzene ring substituents is 2. The molecule has 0 atom stereocenters. The van der Waals surface area contributed by atoms with Crippen molar-refractivity contribution in [3.63, 3.8) is 0 Å². The highest BCUT2D eigenvalue weighted by molar-refractivity contribution is 14.1. The van der Waals surface area contributed by atoms with Crippen molar-refractivity contribution in [3.05, 3.63) is 38.5 Å². The molecule has 0 aliphatic carbocycles. The molecule has 0 unspecified atom stereocenters. The van der Waals surface area contributed by atoms with Crippen molar-refractivity contribution in [2.75, 3.05) is 42.0 Å². The fourth-order valence-electron chi connectivity index (χ4n) is 3.40. The van der Waals surface area contributed by atoms with Crippen LogP contribution in [0.1, 0.15) is 20.7 Å². The van der Waals surface area contributed by atoms with E-state index < -0.39 is 33.2 Å². The summed E-state index contributed by atoms with van der Waals surface area (Å²) in [5, 5.41) is 22.3. The molecule has 2 heterocycles. The third-order valence-corrected chi connectivity index (χ3v) is 6.99. The van der Waals surface area contributed by atoms with Crippen molar-refractivity contribution < 1.29 is 57.3 Å². The monoisotopic (exact) mass is 762 g/mol. The molecule has 0 amide bonds. The van der Waals surface area contributed by atoms with Crippen LogP contribution in [0.4, 0.5) is 11.4 Å². The predicted molar refractivity (Wildman–Crippen MR) is 140 cm³/mol. The van der Waals surface area contributed by atoms with Gasteiger partial charge in [0.1, 0.15) is 0 Å². The Morgan fingerprint density at radius 1 is 0.684 bits per heavy atom. The molecule has 0 fully saturated rings. The van der Waals surface area contributed by atoms with Crippen molar-refractivity contribution >= 4 is 68.5 Å². The lowest BCUT2D eigenvalue weighted by Crippen LogP contribution is -2.10. The van der Waals surface area contributed by atoms with E-state index in [1.54, 1.807) is 45.2 Å². The number of hydrogen-bond donors (Lipinski definition) is 0. The largest absolute Gasteiger partial charge is 0.492 e. The molecule has 4 rings (SSSR count). The van der Waals surface area contributed by atoms with Crippen LogP contribution in [0.2, 0.25) is 0 Å². The number of nitro groups is 2. The topological polar surface area (TPSA) is 194 Å². The summed E-state index contributed by atoms with van der Waals surface area (Å²) in [4.78, 5) is 44.4. The molecular formula is C20H16I2N2O14. The van der Waals surface area contributed by atoms with Crippen LogP contribution in [0.5, 0.6) is 34.5 Å². The number of esters is 2. The highest BCUT2D eigenvalue weighted by Crippen LogP contribution is 2.53. The first-order valence-electron chi connectivity index (χ1n) is 9.88. The van der Waals surface area contributed by atoms with Crippen molar-refractivity contribution in [1.82, 2.24) is 0 Å². The average Bonchev–Trinajstić information content (AvgIpc) is 3.56. The van der Waals surface area contributed by atoms with Crippen LogP contribution in [0, 0.1) is 27.4 Å². The molecule has 2 aromatic rings. The van der Waals surface area contributed by atoms with E-state index in [-0.39, 0.29) is 66.4 Å². The molecule has 0 aromatic heterocycles. The molecule has 0 N–H and O–H groups in total. The zero-order valence-corrected chi connectivity index (χ0v) is 24.1. The minimum Gasteiger partial charge on any atom is -0.492 e. The fourth-order valence-corrected chi connectivity index (χ4v) is 5.28. The van der Waals surface area contributed by atoms with E-state index in [2.05, 4.69) is 9.47 Å². The minimum atomic E-state index is -0.840. The molecular weight excluding hydrogens is 746 g/mol. The molecule has 0 radical (unpaired) electrons. The van der Waals surface area contributed by atoms with Crippen molar-refractivity contribution in [2.24, 2.45) is 0 Å². The molecule has 0 saturated carbocycles. The Morgan fingerprint density at radius 2 is 1.00 bits per heavy atom. The maximum absolute atomic E-state index is 11.7. The molecule has 0 saturated heterocycles. The average molecular weight is 762 g/mol. The van der Waals surface area contributed by atoms with Crippen LogP contribution in [0.3, 0.4) is 0 Å². The van der Waals surface area contributed by atoms with Crippen LogP contribution in [-0.2, 0) is 9.47 Å². The van der Waals surface area contributed by atoms with Gasteiger partial charge in [-0.3, -0.25) is 20.2 Å². The van der Waals surface area contributed by atoms with Gasteiger partial charge in [-0.1, -0.05) is 0 Å². The number of halogens is 2. The Bertz CT molecular complexity index is 1240. The summed E-state index contributed by atoms with van der Waals surface area (Å²) >= 11 is 3.53. The number of carbonyl (C=O) groups is 2. The maximum atomic E-state index is 11.7. The smallest absolute Gasteiger partial charge is 0.346 e. The molecule has 2 aromatic carbocycles. The quantitative estimate of drug-likeness (QED) is 0.180. The summed E-state index contributed by atoms with van der Waals surface area (Å²) in [5.41, 5.74) is -1.39. The number of fused-ring (bicyclic) bond motifs is 2. The van der Waals surface area contributed by atoms with Crippen LogP contribution in [0.15, 0.2) is 0 Å². The second-order valence-corrected chi connectivity index (χ2v) is 8.93. The van der Waals surface area contributed by atoms with E-state index in [9.17, 15) is 29.8 Å². The summed E-state index contributed by atoms with van der Waals surface area (Å²) in [6.07, 6.45) is 0. The molecule has 2 aliphatic rings. The van der Waals surface area contributed by atoms with Crippen molar-refractivity contribution in [3.8, 4) is 34.5 Å². The SMILES string of the molecule is COC(=O)c1c(I)c(OC)c2c(c1[N+](=O)[O-])OCO2.COC(=O)c1c(I)c(OC)c2c(c1[N+](=O)[O-])OCO2.